The molecule has 0 spiro atoms. The summed E-state index contributed by atoms with van der Waals surface area (Å²) < 4.78 is 20.3. The van der Waals surface area contributed by atoms with E-state index in [0.717, 1.165) is 36.4 Å². The number of phenols is 4. The maximum Gasteiger partial charge on any atom is 0.345 e. The predicted molar refractivity (Wildman–Crippen MR) is 183 cm³/mol. The van der Waals surface area contributed by atoms with E-state index in [1.807, 2.05) is 0 Å². The normalized spacial score (nSPS) is 12.5. The van der Waals surface area contributed by atoms with Crippen molar-refractivity contribution in [3.05, 3.63) is 70.8 Å². The molecule has 16 heteroatoms. The molecule has 0 aromatic heterocycles. The van der Waals surface area contributed by atoms with Crippen LogP contribution >= 0.6 is 0 Å². The van der Waals surface area contributed by atoms with Gasteiger partial charge in [0.05, 0.1) is 22.0 Å². The summed E-state index contributed by atoms with van der Waals surface area (Å²) in [6, 6.07) is 8.36. The smallest absolute Gasteiger partial charge is 0.345 e. The average molecular weight is 725 g/mol. The second-order valence-electron chi connectivity index (χ2n) is 13.5. The highest BCUT2D eigenvalue weighted by atomic mass is 16.7. The van der Waals surface area contributed by atoms with Gasteiger partial charge < -0.3 is 50.0 Å². The zero-order chi connectivity index (χ0) is 39.3. The number of benzene rings is 3. The van der Waals surface area contributed by atoms with Gasteiger partial charge in [0, 0.05) is 25.2 Å². The molecule has 278 valence electrons. The molecule has 2 unspecified atom stereocenters. The number of esters is 4. The first kappa shape index (κ1) is 40.1. The molecule has 3 aromatic rings. The molecule has 0 fully saturated rings. The monoisotopic (exact) mass is 724 g/mol. The van der Waals surface area contributed by atoms with Gasteiger partial charge in [0.15, 0.2) is 0 Å². The lowest BCUT2D eigenvalue weighted by molar-refractivity contribution is -0.176. The first-order valence-corrected chi connectivity index (χ1v) is 15.7. The molecule has 2 amide bonds. The second kappa shape index (κ2) is 15.7. The first-order valence-electron chi connectivity index (χ1n) is 15.7. The summed E-state index contributed by atoms with van der Waals surface area (Å²) in [4.78, 5) is 75.5. The number of nitrogens with one attached hydrogen (secondary N) is 2. The molecule has 0 radical (unpaired) electrons. The van der Waals surface area contributed by atoms with Gasteiger partial charge in [-0.2, -0.15) is 0 Å². The summed E-state index contributed by atoms with van der Waals surface area (Å²) in [5.74, 6) is -7.88. The molecule has 0 saturated carbocycles. The number of anilines is 2. The summed E-state index contributed by atoms with van der Waals surface area (Å²) in [5, 5.41) is 46.4. The summed E-state index contributed by atoms with van der Waals surface area (Å²) in [5.41, 5.74) is -3.56. The number of hydrogen-bond donors (Lipinski definition) is 6. The minimum Gasteiger partial charge on any atom is -0.507 e. The zero-order valence-electron chi connectivity index (χ0n) is 29.6. The van der Waals surface area contributed by atoms with E-state index in [1.54, 1.807) is 41.5 Å². The van der Waals surface area contributed by atoms with Gasteiger partial charge >= 0.3 is 23.9 Å². The van der Waals surface area contributed by atoms with E-state index in [2.05, 4.69) is 10.6 Å². The molecule has 0 saturated heterocycles. The van der Waals surface area contributed by atoms with Crippen molar-refractivity contribution in [2.24, 2.45) is 10.8 Å². The van der Waals surface area contributed by atoms with E-state index in [0.29, 0.717) is 0 Å². The van der Waals surface area contributed by atoms with Crippen LogP contribution in [0.15, 0.2) is 48.5 Å². The van der Waals surface area contributed by atoms with Crippen LogP contribution in [-0.2, 0) is 28.5 Å². The molecule has 0 heterocycles. The Balaban J connectivity index is 1.72. The van der Waals surface area contributed by atoms with Gasteiger partial charge in [-0.25, -0.2) is 9.59 Å². The van der Waals surface area contributed by atoms with Gasteiger partial charge in [0.1, 0.15) is 34.1 Å². The Labute approximate surface area is 298 Å². The highest BCUT2D eigenvalue weighted by Crippen LogP contribution is 2.31. The molecule has 2 atom stereocenters. The van der Waals surface area contributed by atoms with E-state index in [9.17, 15) is 49.2 Å². The molecule has 3 rings (SSSR count). The third-order valence-electron chi connectivity index (χ3n) is 6.87. The molecule has 0 aliphatic carbocycles. The van der Waals surface area contributed by atoms with Crippen LogP contribution in [0.5, 0.6) is 23.0 Å². The Hall–Kier alpha value is -6.32. The van der Waals surface area contributed by atoms with Crippen molar-refractivity contribution in [2.75, 3.05) is 10.6 Å². The van der Waals surface area contributed by atoms with Gasteiger partial charge in [-0.3, -0.25) is 19.2 Å². The number of rotatable bonds is 10. The Bertz CT molecular complexity index is 1770. The number of carbonyl (C=O) groups excluding carboxylic acids is 6. The van der Waals surface area contributed by atoms with E-state index >= 15 is 0 Å². The largest absolute Gasteiger partial charge is 0.507 e. The molecular formula is C36H40N2O14. The Morgan fingerprint density at radius 1 is 0.500 bits per heavy atom. The molecule has 0 aliphatic rings. The fourth-order valence-corrected chi connectivity index (χ4v) is 4.02. The minimum atomic E-state index is -1.31. The van der Waals surface area contributed by atoms with Crippen molar-refractivity contribution < 1.29 is 68.1 Å². The van der Waals surface area contributed by atoms with Crippen molar-refractivity contribution >= 4 is 47.1 Å². The highest BCUT2D eigenvalue weighted by molar-refractivity contribution is 6.11. The average Bonchev–Trinajstić information content (AvgIpc) is 3.02. The quantitative estimate of drug-likeness (QED) is 0.0895. The molecule has 16 nitrogen and oxygen atoms in total. The number of aromatic hydroxyl groups is 4. The Morgan fingerprint density at radius 2 is 0.827 bits per heavy atom. The van der Waals surface area contributed by atoms with Crippen LogP contribution in [0.2, 0.25) is 0 Å². The minimum absolute atomic E-state index is 0.0433. The Kier molecular flexibility index (Phi) is 12.1. The highest BCUT2D eigenvalue weighted by Gasteiger charge is 2.29. The van der Waals surface area contributed by atoms with E-state index in [1.165, 1.54) is 26.0 Å². The van der Waals surface area contributed by atoms with Crippen molar-refractivity contribution in [2.45, 2.75) is 68.0 Å². The number of phenolic OH excluding ortho intramolecular Hbond substituents is 4. The standard InChI is InChI=1S/C36H40N2O14/c1-17(51-33(47)35(3,4)5)49-31(45)23-13-19(9-11-25(23)39)37-29(43)21-15-28(42)22(16-27(21)41)30(44)38-20-10-12-26(40)24(14-20)32(46)50-18(2)52-34(48)36(6,7)8/h9-18,39-42H,1-8H3,(H,37,43)(H,38,44). The Morgan fingerprint density at radius 3 is 1.13 bits per heavy atom. The molecule has 52 heavy (non-hydrogen) atoms. The lowest BCUT2D eigenvalue weighted by Crippen LogP contribution is -2.29. The molecule has 3 aromatic carbocycles. The predicted octanol–water partition coefficient (Wildman–Crippen LogP) is 5.20. The van der Waals surface area contributed by atoms with Crippen molar-refractivity contribution in [3.8, 4) is 23.0 Å². The van der Waals surface area contributed by atoms with Crippen molar-refractivity contribution in [3.63, 3.8) is 0 Å². The summed E-state index contributed by atoms with van der Waals surface area (Å²) in [7, 11) is 0. The van der Waals surface area contributed by atoms with E-state index < -0.39 is 93.2 Å². The maximum atomic E-state index is 13.0. The van der Waals surface area contributed by atoms with Crippen LogP contribution in [0.3, 0.4) is 0 Å². The number of ether oxygens (including phenoxy) is 4. The van der Waals surface area contributed by atoms with E-state index in [4.69, 9.17) is 18.9 Å². The fourth-order valence-electron chi connectivity index (χ4n) is 4.02. The fraction of sp³-hybridized carbons (Fsp3) is 0.333. The first-order chi connectivity index (χ1) is 24.0. The molecule has 0 bridgehead atoms. The molecule has 0 aliphatic heterocycles. The maximum absolute atomic E-state index is 13.0. The van der Waals surface area contributed by atoms with Crippen LogP contribution in [0.25, 0.3) is 0 Å². The third kappa shape index (κ3) is 10.3. The van der Waals surface area contributed by atoms with Gasteiger partial charge in [0.25, 0.3) is 11.8 Å². The summed E-state index contributed by atoms with van der Waals surface area (Å²) >= 11 is 0. The second-order valence-corrected chi connectivity index (χ2v) is 13.5. The van der Waals surface area contributed by atoms with Gasteiger partial charge in [-0.1, -0.05) is 0 Å². The zero-order valence-corrected chi connectivity index (χ0v) is 29.6. The molecule has 6 N–H and O–H groups in total. The van der Waals surface area contributed by atoms with Crippen LogP contribution in [0.1, 0.15) is 96.8 Å². The van der Waals surface area contributed by atoms with Gasteiger partial charge in [0.2, 0.25) is 12.6 Å². The number of hydrogen-bond acceptors (Lipinski definition) is 14. The van der Waals surface area contributed by atoms with Crippen LogP contribution in [0.4, 0.5) is 11.4 Å². The number of carbonyl (C=O) groups is 6. The van der Waals surface area contributed by atoms with Gasteiger partial charge in [-0.05, 0) is 90.1 Å². The topological polar surface area (TPSA) is 244 Å². The lowest BCUT2D eigenvalue weighted by atomic mass is 9.97. The SMILES string of the molecule is CC(OC(=O)c1cc(NC(=O)c2cc(O)c(C(=O)Nc3ccc(O)c(C(=O)OC(C)OC(=O)C(C)(C)C)c3)cc2O)ccc1O)OC(=O)C(C)(C)C. The summed E-state index contributed by atoms with van der Waals surface area (Å²) in [6.45, 7) is 12.3. The van der Waals surface area contributed by atoms with Crippen molar-refractivity contribution in [1.82, 2.24) is 0 Å². The third-order valence-corrected chi connectivity index (χ3v) is 6.87. The summed E-state index contributed by atoms with van der Waals surface area (Å²) in [6.07, 6.45) is -2.61. The van der Waals surface area contributed by atoms with Gasteiger partial charge in [-0.15, -0.1) is 0 Å². The lowest BCUT2D eigenvalue weighted by Gasteiger charge is -2.21. The molecular weight excluding hydrogens is 684 g/mol. The van der Waals surface area contributed by atoms with Crippen LogP contribution in [0, 0.1) is 10.8 Å². The van der Waals surface area contributed by atoms with Crippen LogP contribution < -0.4 is 10.6 Å². The van der Waals surface area contributed by atoms with Crippen molar-refractivity contribution in [1.29, 1.82) is 0 Å². The number of amides is 2. The van der Waals surface area contributed by atoms with Crippen LogP contribution in [-0.4, -0.2) is 68.7 Å². The van der Waals surface area contributed by atoms with E-state index in [-0.39, 0.29) is 22.5 Å².